The van der Waals surface area contributed by atoms with Gasteiger partial charge in [-0.2, -0.15) is 0 Å². The molecular weight excluding hydrogens is 473 g/mol. The molecule has 0 atom stereocenters. The third-order valence-corrected chi connectivity index (χ3v) is 6.16. The van der Waals surface area contributed by atoms with Gasteiger partial charge in [0.05, 0.1) is 5.56 Å². The van der Waals surface area contributed by atoms with Crippen molar-refractivity contribution in [2.24, 2.45) is 0 Å². The molecule has 5 rings (SSSR count). The molecule has 0 saturated carbocycles. The van der Waals surface area contributed by atoms with Crippen molar-refractivity contribution in [1.29, 1.82) is 0 Å². The van der Waals surface area contributed by atoms with E-state index in [0.29, 0.717) is 28.2 Å². The number of halogens is 1. The second-order valence-corrected chi connectivity index (χ2v) is 8.60. The Labute approximate surface area is 212 Å². The molecule has 7 heteroatoms. The second kappa shape index (κ2) is 10.1. The molecule has 0 saturated heterocycles. The monoisotopic (exact) mass is 497 g/mol. The summed E-state index contributed by atoms with van der Waals surface area (Å²) in [5.41, 5.74) is 3.70. The van der Waals surface area contributed by atoms with Gasteiger partial charge in [0.15, 0.2) is 6.61 Å². The maximum Gasteiger partial charge on any atom is 0.375 e. The van der Waals surface area contributed by atoms with Crippen LogP contribution in [-0.4, -0.2) is 22.9 Å². The molecule has 0 amide bonds. The summed E-state index contributed by atoms with van der Waals surface area (Å²) in [4.78, 5) is 26.0. The summed E-state index contributed by atoms with van der Waals surface area (Å²) < 4.78 is 32.3. The lowest BCUT2D eigenvalue weighted by Crippen LogP contribution is -2.16. The zero-order chi connectivity index (χ0) is 25.9. The number of rotatable bonds is 8. The van der Waals surface area contributed by atoms with E-state index in [1.807, 2.05) is 60.0 Å². The predicted octanol–water partition coefficient (Wildman–Crippen LogP) is 6.60. The van der Waals surface area contributed by atoms with Crippen molar-refractivity contribution < 1.29 is 27.9 Å². The fraction of sp³-hybridized carbons (Fsp3) is 0.133. The van der Waals surface area contributed by atoms with Crippen LogP contribution in [0.25, 0.3) is 16.7 Å². The Hall–Kier alpha value is -4.65. The summed E-state index contributed by atoms with van der Waals surface area (Å²) in [5, 5.41) is 0.736. The molecule has 3 aromatic carbocycles. The van der Waals surface area contributed by atoms with Crippen LogP contribution in [0.15, 0.2) is 89.3 Å². The van der Waals surface area contributed by atoms with Gasteiger partial charge in [0.2, 0.25) is 11.5 Å². The summed E-state index contributed by atoms with van der Waals surface area (Å²) >= 11 is 0. The average Bonchev–Trinajstić information content (AvgIpc) is 3.43. The van der Waals surface area contributed by atoms with E-state index in [0.717, 1.165) is 16.8 Å². The molecule has 0 bridgehead atoms. The summed E-state index contributed by atoms with van der Waals surface area (Å²) in [5.74, 6) is -0.786. The SMILES string of the molecule is Cc1cc(C(=O)COC(=O)c2oc3ccccc3c2COc2ccccc2)c(C)n1-c1ccc(F)cc1. The summed E-state index contributed by atoms with van der Waals surface area (Å²) in [6, 6.07) is 24.2. The molecule has 0 unspecified atom stereocenters. The van der Waals surface area contributed by atoms with Gasteiger partial charge in [0.1, 0.15) is 23.8 Å². The number of aromatic nitrogens is 1. The van der Waals surface area contributed by atoms with E-state index < -0.39 is 12.6 Å². The first-order chi connectivity index (χ1) is 17.9. The van der Waals surface area contributed by atoms with Crippen LogP contribution in [0.5, 0.6) is 5.75 Å². The van der Waals surface area contributed by atoms with Crippen molar-refractivity contribution in [3.63, 3.8) is 0 Å². The molecule has 0 fully saturated rings. The molecule has 0 aliphatic heterocycles. The number of furan rings is 1. The molecule has 37 heavy (non-hydrogen) atoms. The number of esters is 1. The van der Waals surface area contributed by atoms with Gasteiger partial charge in [-0.05, 0) is 62.4 Å². The van der Waals surface area contributed by atoms with Crippen molar-refractivity contribution in [2.45, 2.75) is 20.5 Å². The Balaban J connectivity index is 1.34. The number of fused-ring (bicyclic) bond motifs is 1. The highest BCUT2D eigenvalue weighted by Crippen LogP contribution is 2.28. The number of hydrogen-bond donors (Lipinski definition) is 0. The minimum atomic E-state index is -0.747. The van der Waals surface area contributed by atoms with Gasteiger partial charge in [-0.1, -0.05) is 36.4 Å². The predicted molar refractivity (Wildman–Crippen MR) is 137 cm³/mol. The Morgan fingerprint density at radius 3 is 2.38 bits per heavy atom. The number of aryl methyl sites for hydroxylation is 1. The van der Waals surface area contributed by atoms with E-state index in [2.05, 4.69) is 0 Å². The van der Waals surface area contributed by atoms with E-state index >= 15 is 0 Å². The fourth-order valence-electron chi connectivity index (χ4n) is 4.39. The van der Waals surface area contributed by atoms with Crippen LogP contribution in [0.3, 0.4) is 0 Å². The Bertz CT molecular complexity index is 1580. The zero-order valence-corrected chi connectivity index (χ0v) is 20.4. The number of para-hydroxylation sites is 2. The number of carbonyl (C=O) groups is 2. The van der Waals surface area contributed by atoms with Gasteiger partial charge >= 0.3 is 5.97 Å². The Morgan fingerprint density at radius 1 is 0.919 bits per heavy atom. The van der Waals surface area contributed by atoms with Gasteiger partial charge in [0.25, 0.3) is 0 Å². The normalized spacial score (nSPS) is 11.0. The molecule has 0 aliphatic rings. The number of carbonyl (C=O) groups excluding carboxylic acids is 2. The molecule has 186 valence electrons. The van der Waals surface area contributed by atoms with Crippen LogP contribution in [0.4, 0.5) is 4.39 Å². The van der Waals surface area contributed by atoms with E-state index in [1.54, 1.807) is 31.2 Å². The molecule has 0 aliphatic carbocycles. The van der Waals surface area contributed by atoms with Gasteiger partial charge in [-0.25, -0.2) is 9.18 Å². The number of Topliss-reactive ketones (excluding diaryl/α,β-unsaturated/α-hetero) is 1. The number of nitrogens with zero attached hydrogens (tertiary/aromatic N) is 1. The lowest BCUT2D eigenvalue weighted by molar-refractivity contribution is 0.0442. The van der Waals surface area contributed by atoms with Crippen molar-refractivity contribution in [3.05, 3.63) is 119 Å². The summed E-state index contributed by atoms with van der Waals surface area (Å²) in [6.07, 6.45) is 0. The van der Waals surface area contributed by atoms with Gasteiger partial charge in [-0.15, -0.1) is 0 Å². The minimum absolute atomic E-state index is 0.00159. The zero-order valence-electron chi connectivity index (χ0n) is 20.4. The molecule has 2 aromatic heterocycles. The second-order valence-electron chi connectivity index (χ2n) is 8.60. The van der Waals surface area contributed by atoms with E-state index in [9.17, 15) is 14.0 Å². The molecule has 0 N–H and O–H groups in total. The fourth-order valence-corrected chi connectivity index (χ4v) is 4.39. The number of benzene rings is 3. The van der Waals surface area contributed by atoms with E-state index in [-0.39, 0.29) is 24.0 Å². The molecule has 2 heterocycles. The third kappa shape index (κ3) is 4.89. The number of ketones is 1. The van der Waals surface area contributed by atoms with Gasteiger partial charge < -0.3 is 18.5 Å². The van der Waals surface area contributed by atoms with Crippen molar-refractivity contribution in [3.8, 4) is 11.4 Å². The van der Waals surface area contributed by atoms with Crippen molar-refractivity contribution >= 4 is 22.7 Å². The van der Waals surface area contributed by atoms with Crippen LogP contribution in [-0.2, 0) is 11.3 Å². The lowest BCUT2D eigenvalue weighted by atomic mass is 10.1. The lowest BCUT2D eigenvalue weighted by Gasteiger charge is -2.10. The topological polar surface area (TPSA) is 70.7 Å². The number of ether oxygens (including phenoxy) is 2. The molecule has 5 aromatic rings. The smallest absolute Gasteiger partial charge is 0.375 e. The first-order valence-electron chi connectivity index (χ1n) is 11.8. The van der Waals surface area contributed by atoms with Crippen LogP contribution in [0.2, 0.25) is 0 Å². The first-order valence-corrected chi connectivity index (χ1v) is 11.8. The van der Waals surface area contributed by atoms with Gasteiger partial charge in [-0.3, -0.25) is 4.79 Å². The van der Waals surface area contributed by atoms with E-state index in [4.69, 9.17) is 13.9 Å². The van der Waals surface area contributed by atoms with Crippen LogP contribution >= 0.6 is 0 Å². The quantitative estimate of drug-likeness (QED) is 0.178. The highest BCUT2D eigenvalue weighted by Gasteiger charge is 2.24. The first kappa shape index (κ1) is 24.1. The summed E-state index contributed by atoms with van der Waals surface area (Å²) in [6.45, 7) is 3.29. The van der Waals surface area contributed by atoms with Crippen LogP contribution in [0, 0.1) is 19.7 Å². The molecular formula is C30H24FNO5. The number of hydrogen-bond acceptors (Lipinski definition) is 5. The third-order valence-electron chi connectivity index (χ3n) is 6.16. The van der Waals surface area contributed by atoms with Crippen LogP contribution < -0.4 is 4.74 Å². The largest absolute Gasteiger partial charge is 0.489 e. The molecule has 6 nitrogen and oxygen atoms in total. The minimum Gasteiger partial charge on any atom is -0.489 e. The highest BCUT2D eigenvalue weighted by atomic mass is 19.1. The molecule has 0 spiro atoms. The van der Waals surface area contributed by atoms with Gasteiger partial charge in [0, 0.05) is 28.0 Å². The maximum atomic E-state index is 13.4. The Morgan fingerprint density at radius 2 is 1.62 bits per heavy atom. The summed E-state index contributed by atoms with van der Waals surface area (Å²) in [7, 11) is 0. The van der Waals surface area contributed by atoms with Crippen molar-refractivity contribution in [2.75, 3.05) is 6.61 Å². The Kier molecular flexibility index (Phi) is 6.60. The van der Waals surface area contributed by atoms with Crippen molar-refractivity contribution in [1.82, 2.24) is 4.57 Å². The molecule has 0 radical (unpaired) electrons. The maximum absolute atomic E-state index is 13.4. The average molecular weight is 498 g/mol. The van der Waals surface area contributed by atoms with Crippen LogP contribution in [0.1, 0.15) is 37.9 Å². The van der Waals surface area contributed by atoms with E-state index in [1.165, 1.54) is 12.1 Å². The highest BCUT2D eigenvalue weighted by molar-refractivity contribution is 6.01. The standard InChI is InChI=1S/C30H24FNO5/c1-19-16-25(20(2)32(19)22-14-12-21(31)13-15-22)27(33)18-36-30(34)29-26(17-35-23-8-4-3-5-9-23)24-10-6-7-11-28(24)37-29/h3-16H,17-18H2,1-2H3.